The molecule has 37 heavy (non-hydrogen) atoms. The first kappa shape index (κ1) is 25.8. The van der Waals surface area contributed by atoms with Crippen molar-refractivity contribution in [3.63, 3.8) is 0 Å². The molecule has 5 rings (SSSR count). The fourth-order valence-electron chi connectivity index (χ4n) is 4.65. The topological polar surface area (TPSA) is 83.5 Å². The maximum Gasteiger partial charge on any atom is 0.260 e. The standard InChI is InChI=1S/C27H27ClN4O3S2/c1-31(21-8-3-2-4-9-21)37(34,35)22-14-12-20(13-15-22)26(33)32(18-19-7-6-16-29-17-19)27-30-25-23(28)10-5-11-24(25)36-27/h5-7,10-17,21H,2-4,8-9,18H2,1H3. The van der Waals surface area contributed by atoms with Crippen molar-refractivity contribution in [2.75, 3.05) is 11.9 Å². The van der Waals surface area contributed by atoms with Crippen LogP contribution >= 0.6 is 22.9 Å². The molecular weight excluding hydrogens is 528 g/mol. The summed E-state index contributed by atoms with van der Waals surface area (Å²) in [7, 11) is -2.00. The Kier molecular flexibility index (Phi) is 7.57. The molecule has 0 unspecified atom stereocenters. The number of amides is 1. The predicted molar refractivity (Wildman–Crippen MR) is 148 cm³/mol. The molecule has 10 heteroatoms. The molecule has 0 N–H and O–H groups in total. The van der Waals surface area contributed by atoms with Crippen molar-refractivity contribution in [2.45, 2.75) is 49.6 Å². The molecule has 7 nitrogen and oxygen atoms in total. The molecule has 2 aromatic carbocycles. The van der Waals surface area contributed by atoms with Gasteiger partial charge in [0.25, 0.3) is 5.91 Å². The number of para-hydroxylation sites is 1. The molecule has 2 heterocycles. The third kappa shape index (κ3) is 5.40. The summed E-state index contributed by atoms with van der Waals surface area (Å²) in [4.78, 5) is 24.3. The van der Waals surface area contributed by atoms with E-state index >= 15 is 0 Å². The van der Waals surface area contributed by atoms with E-state index in [0.29, 0.717) is 21.2 Å². The van der Waals surface area contributed by atoms with Gasteiger partial charge in [0.2, 0.25) is 10.0 Å². The monoisotopic (exact) mass is 554 g/mol. The SMILES string of the molecule is CN(C1CCCCC1)S(=O)(=O)c1ccc(C(=O)N(Cc2cccnc2)c2nc3c(Cl)cccc3s2)cc1. The van der Waals surface area contributed by atoms with Gasteiger partial charge in [-0.05, 0) is 60.9 Å². The van der Waals surface area contributed by atoms with Gasteiger partial charge in [-0.3, -0.25) is 14.7 Å². The van der Waals surface area contributed by atoms with E-state index in [2.05, 4.69) is 9.97 Å². The molecule has 1 amide bonds. The van der Waals surface area contributed by atoms with Gasteiger partial charge in [-0.15, -0.1) is 0 Å². The number of benzene rings is 2. The Morgan fingerprint density at radius 3 is 2.49 bits per heavy atom. The number of thiazole rings is 1. The van der Waals surface area contributed by atoms with Gasteiger partial charge < -0.3 is 0 Å². The summed E-state index contributed by atoms with van der Waals surface area (Å²) in [6.07, 6.45) is 8.37. The normalized spacial score (nSPS) is 14.8. The molecule has 0 saturated heterocycles. The van der Waals surface area contributed by atoms with Crippen LogP contribution in [0.25, 0.3) is 10.2 Å². The van der Waals surface area contributed by atoms with Crippen LogP contribution in [0.3, 0.4) is 0 Å². The molecule has 0 aliphatic heterocycles. The van der Waals surface area contributed by atoms with Gasteiger partial charge in [0, 0.05) is 31.0 Å². The Bertz CT molecular complexity index is 1500. The summed E-state index contributed by atoms with van der Waals surface area (Å²) < 4.78 is 28.8. The van der Waals surface area contributed by atoms with Crippen molar-refractivity contribution >= 4 is 54.2 Å². The Balaban J connectivity index is 1.45. The van der Waals surface area contributed by atoms with Gasteiger partial charge in [-0.25, -0.2) is 13.4 Å². The van der Waals surface area contributed by atoms with Crippen LogP contribution in [-0.2, 0) is 16.6 Å². The molecule has 0 spiro atoms. The van der Waals surface area contributed by atoms with Crippen LogP contribution in [0.4, 0.5) is 5.13 Å². The molecule has 192 valence electrons. The van der Waals surface area contributed by atoms with Gasteiger partial charge in [-0.1, -0.05) is 54.3 Å². The van der Waals surface area contributed by atoms with Crippen LogP contribution in [-0.4, -0.2) is 41.7 Å². The number of hydrogen-bond donors (Lipinski definition) is 0. The van der Waals surface area contributed by atoms with Gasteiger partial charge in [0.15, 0.2) is 5.13 Å². The van der Waals surface area contributed by atoms with Crippen LogP contribution < -0.4 is 4.90 Å². The third-order valence-electron chi connectivity index (χ3n) is 6.77. The minimum absolute atomic E-state index is 0.0147. The second kappa shape index (κ2) is 10.9. The first-order valence-electron chi connectivity index (χ1n) is 12.2. The van der Waals surface area contributed by atoms with Crippen molar-refractivity contribution in [2.24, 2.45) is 0 Å². The minimum Gasteiger partial charge on any atom is -0.279 e. The van der Waals surface area contributed by atoms with Gasteiger partial charge in [0.1, 0.15) is 5.52 Å². The second-order valence-electron chi connectivity index (χ2n) is 9.17. The predicted octanol–water partition coefficient (Wildman–Crippen LogP) is 6.14. The second-order valence-corrected chi connectivity index (χ2v) is 12.6. The highest BCUT2D eigenvalue weighted by Crippen LogP contribution is 2.34. The molecule has 2 aromatic heterocycles. The van der Waals surface area contributed by atoms with Crippen LogP contribution in [0.15, 0.2) is 71.9 Å². The Hall–Kier alpha value is -2.85. The number of anilines is 1. The average molecular weight is 555 g/mol. The molecule has 0 bridgehead atoms. The highest BCUT2D eigenvalue weighted by molar-refractivity contribution is 7.89. The van der Waals surface area contributed by atoms with E-state index in [0.717, 1.165) is 42.4 Å². The average Bonchev–Trinajstić information content (AvgIpc) is 3.37. The largest absolute Gasteiger partial charge is 0.279 e. The number of rotatable bonds is 7. The lowest BCUT2D eigenvalue weighted by Gasteiger charge is -2.30. The number of carbonyl (C=O) groups excluding carboxylic acids is 1. The molecule has 1 fully saturated rings. The van der Waals surface area contributed by atoms with Crippen LogP contribution in [0.1, 0.15) is 48.0 Å². The van der Waals surface area contributed by atoms with Crippen molar-refractivity contribution in [3.8, 4) is 0 Å². The number of nitrogens with zero attached hydrogens (tertiary/aromatic N) is 4. The lowest BCUT2D eigenvalue weighted by atomic mass is 9.96. The third-order valence-corrected chi connectivity index (χ3v) is 10.0. The maximum atomic E-state index is 13.7. The summed E-state index contributed by atoms with van der Waals surface area (Å²) in [6, 6.07) is 15.4. The Labute approximate surface area is 225 Å². The van der Waals surface area contributed by atoms with E-state index in [9.17, 15) is 13.2 Å². The highest BCUT2D eigenvalue weighted by Gasteiger charge is 2.29. The van der Waals surface area contributed by atoms with Crippen LogP contribution in [0.5, 0.6) is 0 Å². The molecule has 1 aliphatic carbocycles. The van der Waals surface area contributed by atoms with Crippen molar-refractivity contribution < 1.29 is 13.2 Å². The molecule has 4 aromatic rings. The molecule has 1 saturated carbocycles. The summed E-state index contributed by atoms with van der Waals surface area (Å²) in [6.45, 7) is 0.259. The summed E-state index contributed by atoms with van der Waals surface area (Å²) >= 11 is 7.72. The van der Waals surface area contributed by atoms with Gasteiger partial charge in [0.05, 0.1) is 21.2 Å². The highest BCUT2D eigenvalue weighted by atomic mass is 35.5. The summed E-state index contributed by atoms with van der Waals surface area (Å²) in [5.74, 6) is -0.288. The Morgan fingerprint density at radius 2 is 1.81 bits per heavy atom. The number of aromatic nitrogens is 2. The first-order chi connectivity index (χ1) is 17.8. The van der Waals surface area contributed by atoms with E-state index in [1.807, 2.05) is 24.3 Å². The molecule has 0 radical (unpaired) electrons. The zero-order valence-electron chi connectivity index (χ0n) is 20.4. The number of sulfonamides is 1. The zero-order valence-corrected chi connectivity index (χ0v) is 22.8. The van der Waals surface area contributed by atoms with Crippen LogP contribution in [0, 0.1) is 0 Å². The Morgan fingerprint density at radius 1 is 1.05 bits per heavy atom. The number of halogens is 1. The maximum absolute atomic E-state index is 13.7. The smallest absolute Gasteiger partial charge is 0.260 e. The lowest BCUT2D eigenvalue weighted by Crippen LogP contribution is -2.38. The fourth-order valence-corrected chi connectivity index (χ4v) is 7.33. The summed E-state index contributed by atoms with van der Waals surface area (Å²) in [5.41, 5.74) is 1.85. The van der Waals surface area contributed by atoms with Gasteiger partial charge in [-0.2, -0.15) is 4.31 Å². The van der Waals surface area contributed by atoms with Gasteiger partial charge >= 0.3 is 0 Å². The first-order valence-corrected chi connectivity index (χ1v) is 14.8. The summed E-state index contributed by atoms with van der Waals surface area (Å²) in [5, 5.41) is 1.02. The number of hydrogen-bond acceptors (Lipinski definition) is 6. The zero-order chi connectivity index (χ0) is 26.0. The van der Waals surface area contributed by atoms with E-state index in [1.54, 1.807) is 42.5 Å². The van der Waals surface area contributed by atoms with Crippen LogP contribution in [0.2, 0.25) is 5.02 Å². The van der Waals surface area contributed by atoms with Crippen molar-refractivity contribution in [1.82, 2.24) is 14.3 Å². The quantitative estimate of drug-likeness (QED) is 0.274. The number of carbonyl (C=O) groups is 1. The number of pyridine rings is 1. The molecule has 1 aliphatic rings. The van der Waals surface area contributed by atoms with Crippen molar-refractivity contribution in [3.05, 3.63) is 83.1 Å². The molecule has 0 atom stereocenters. The van der Waals surface area contributed by atoms with E-state index in [4.69, 9.17) is 11.6 Å². The van der Waals surface area contributed by atoms with Crippen molar-refractivity contribution in [1.29, 1.82) is 0 Å². The van der Waals surface area contributed by atoms with E-state index in [-0.39, 0.29) is 23.4 Å². The minimum atomic E-state index is -3.65. The van der Waals surface area contributed by atoms with E-state index in [1.165, 1.54) is 27.8 Å². The fraction of sp³-hybridized carbons (Fsp3) is 0.296. The number of fused-ring (bicyclic) bond motifs is 1. The van der Waals surface area contributed by atoms with E-state index < -0.39 is 10.0 Å². The lowest BCUT2D eigenvalue weighted by molar-refractivity contribution is 0.0985. The molecular formula is C27H27ClN4O3S2.